The lowest BCUT2D eigenvalue weighted by Crippen LogP contribution is -2.39. The first kappa shape index (κ1) is 27.8. The lowest BCUT2D eigenvalue weighted by atomic mass is 10.0. The number of rotatable bonds is 14. The van der Waals surface area contributed by atoms with Crippen molar-refractivity contribution in [1.29, 1.82) is 0 Å². The molecule has 2 N–H and O–H groups in total. The molecule has 0 radical (unpaired) electrons. The van der Waals surface area contributed by atoms with Crippen LogP contribution in [-0.4, -0.2) is 69.3 Å². The van der Waals surface area contributed by atoms with Gasteiger partial charge in [0.1, 0.15) is 0 Å². The van der Waals surface area contributed by atoms with Crippen molar-refractivity contribution in [2.45, 2.75) is 91.2 Å². The molecule has 0 aliphatic carbocycles. The number of aromatic nitrogens is 4. The molecular weight excluding hydrogens is 416 g/mol. The smallest absolute Gasteiger partial charge is 0.223 e. The maximum atomic E-state index is 12.3. The third kappa shape index (κ3) is 11.4. The molecule has 2 amide bonds. The zero-order valence-electron chi connectivity index (χ0n) is 20.6. The van der Waals surface area contributed by atoms with Crippen LogP contribution in [0.5, 0.6) is 0 Å². The van der Waals surface area contributed by atoms with E-state index in [0.717, 1.165) is 0 Å². The zero-order valence-corrected chi connectivity index (χ0v) is 20.6. The molecule has 182 valence electrons. The second-order valence-electron chi connectivity index (χ2n) is 9.34. The predicted molar refractivity (Wildman–Crippen MR) is 117 cm³/mol. The molecule has 1 aromatic rings. The molecule has 11 nitrogen and oxygen atoms in total. The maximum absolute atomic E-state index is 12.3. The molecule has 0 saturated heterocycles. The van der Waals surface area contributed by atoms with Crippen LogP contribution in [0, 0.1) is 0 Å². The molecule has 32 heavy (non-hydrogen) atoms. The van der Waals surface area contributed by atoms with Crippen LogP contribution in [0.25, 0.3) is 0 Å². The first-order valence-electron chi connectivity index (χ1n) is 10.7. The summed E-state index contributed by atoms with van der Waals surface area (Å²) >= 11 is 0. The van der Waals surface area contributed by atoms with Gasteiger partial charge in [-0.3, -0.25) is 9.59 Å². The van der Waals surface area contributed by atoms with Crippen molar-refractivity contribution in [1.82, 2.24) is 31.0 Å². The van der Waals surface area contributed by atoms with E-state index in [1.165, 1.54) is 0 Å². The normalized spacial score (nSPS) is 12.5. The van der Waals surface area contributed by atoms with Gasteiger partial charge in [-0.05, 0) is 48.5 Å². The third-order valence-corrected chi connectivity index (χ3v) is 4.52. The highest BCUT2D eigenvalue weighted by molar-refractivity contribution is 5.77. The van der Waals surface area contributed by atoms with Gasteiger partial charge in [-0.1, -0.05) is 0 Å². The van der Waals surface area contributed by atoms with Crippen molar-refractivity contribution < 1.29 is 23.8 Å². The van der Waals surface area contributed by atoms with Gasteiger partial charge in [0.25, 0.3) is 0 Å². The van der Waals surface area contributed by atoms with Crippen LogP contribution in [0.1, 0.15) is 73.0 Å². The number of amides is 2. The van der Waals surface area contributed by atoms with Gasteiger partial charge in [0.2, 0.25) is 11.8 Å². The van der Waals surface area contributed by atoms with Crippen molar-refractivity contribution in [3.8, 4) is 0 Å². The van der Waals surface area contributed by atoms with Crippen LogP contribution in [-0.2, 0) is 36.9 Å². The summed E-state index contributed by atoms with van der Waals surface area (Å²) in [5.41, 5.74) is -1.63. The van der Waals surface area contributed by atoms with Crippen LogP contribution < -0.4 is 10.6 Å². The van der Waals surface area contributed by atoms with Crippen LogP contribution in [0.15, 0.2) is 0 Å². The molecular formula is C21H38N6O5. The average Bonchev–Trinajstić information content (AvgIpc) is 2.69. The third-order valence-electron chi connectivity index (χ3n) is 4.52. The van der Waals surface area contributed by atoms with Gasteiger partial charge < -0.3 is 24.8 Å². The molecule has 0 saturated carbocycles. The Morgan fingerprint density at radius 2 is 1.16 bits per heavy atom. The Kier molecular flexibility index (Phi) is 10.5. The number of carbonyl (C=O) groups is 2. The van der Waals surface area contributed by atoms with Gasteiger partial charge in [0.15, 0.2) is 11.6 Å². The Morgan fingerprint density at radius 3 is 1.53 bits per heavy atom. The highest BCUT2D eigenvalue weighted by atomic mass is 16.5. The van der Waals surface area contributed by atoms with E-state index < -0.39 is 16.8 Å². The Hall–Kier alpha value is -2.24. The number of ether oxygens (including phenoxy) is 3. The van der Waals surface area contributed by atoms with E-state index in [2.05, 4.69) is 31.0 Å². The average molecular weight is 455 g/mol. The van der Waals surface area contributed by atoms with Gasteiger partial charge >= 0.3 is 0 Å². The van der Waals surface area contributed by atoms with E-state index in [1.807, 2.05) is 48.5 Å². The maximum Gasteiger partial charge on any atom is 0.223 e. The summed E-state index contributed by atoms with van der Waals surface area (Å²) in [6, 6.07) is 0. The van der Waals surface area contributed by atoms with E-state index >= 15 is 0 Å². The van der Waals surface area contributed by atoms with Crippen molar-refractivity contribution >= 4 is 11.8 Å². The Morgan fingerprint density at radius 1 is 0.750 bits per heavy atom. The van der Waals surface area contributed by atoms with Crippen molar-refractivity contribution in [3.63, 3.8) is 0 Å². The minimum Gasteiger partial charge on any atom is -0.376 e. The summed E-state index contributed by atoms with van der Waals surface area (Å²) < 4.78 is 16.7. The molecule has 0 bridgehead atoms. The molecule has 1 heterocycles. The largest absolute Gasteiger partial charge is 0.376 e. The number of methoxy groups -OCH3 is 1. The van der Waals surface area contributed by atoms with Crippen molar-refractivity contribution in [3.05, 3.63) is 11.6 Å². The van der Waals surface area contributed by atoms with Crippen LogP contribution in [0.2, 0.25) is 0 Å². The molecule has 0 aliphatic rings. The Labute approximate surface area is 190 Å². The van der Waals surface area contributed by atoms with E-state index in [1.54, 1.807) is 7.11 Å². The lowest BCUT2D eigenvalue weighted by molar-refractivity contribution is -0.135. The highest BCUT2D eigenvalue weighted by Crippen LogP contribution is 2.18. The summed E-state index contributed by atoms with van der Waals surface area (Å²) in [7, 11) is 1.62. The fraction of sp³-hybridized carbons (Fsp3) is 0.810. The van der Waals surface area contributed by atoms with Crippen molar-refractivity contribution in [2.24, 2.45) is 0 Å². The minimum absolute atomic E-state index is 0.0909. The van der Waals surface area contributed by atoms with Crippen molar-refractivity contribution in [2.75, 3.05) is 20.3 Å². The Balaban J connectivity index is 2.42. The fourth-order valence-corrected chi connectivity index (χ4v) is 2.59. The highest BCUT2D eigenvalue weighted by Gasteiger charge is 2.27. The summed E-state index contributed by atoms with van der Waals surface area (Å²) in [4.78, 5) is 24.3. The molecule has 0 unspecified atom stereocenters. The molecule has 1 aromatic heterocycles. The quantitative estimate of drug-likeness (QED) is 0.426. The number of nitrogens with zero attached hydrogens (tertiary/aromatic N) is 4. The molecule has 0 atom stereocenters. The van der Waals surface area contributed by atoms with Gasteiger partial charge in [-0.15, -0.1) is 20.4 Å². The second-order valence-corrected chi connectivity index (χ2v) is 9.34. The molecule has 0 aromatic carbocycles. The zero-order chi connectivity index (χ0) is 24.4. The molecule has 11 heteroatoms. The van der Waals surface area contributed by atoms with Crippen LogP contribution >= 0.6 is 0 Å². The topological polar surface area (TPSA) is 137 Å². The summed E-state index contributed by atoms with van der Waals surface area (Å²) in [5.74, 6) is 0.160. The van der Waals surface area contributed by atoms with Gasteiger partial charge in [0.05, 0.1) is 49.3 Å². The molecule has 0 fully saturated rings. The molecule has 0 spiro atoms. The standard InChI is InChI=1S/C21H38N6O5/c1-9-31-19(2,3)10-17(28)22-12-15-24-26-16(27-25-15)13-23-18(29)11-20(4,5)32-14-21(6,7)30-8/h9-14H2,1-8H3,(H,22,28)(H,23,29). The molecule has 0 aliphatic heterocycles. The first-order valence-corrected chi connectivity index (χ1v) is 10.7. The summed E-state index contributed by atoms with van der Waals surface area (Å²) in [5, 5.41) is 21.2. The fourth-order valence-electron chi connectivity index (χ4n) is 2.59. The minimum atomic E-state index is -0.657. The summed E-state index contributed by atoms with van der Waals surface area (Å²) in [6.45, 7) is 14.2. The number of hydrogen-bond acceptors (Lipinski definition) is 9. The van der Waals surface area contributed by atoms with Crippen LogP contribution in [0.3, 0.4) is 0 Å². The number of hydrogen-bond donors (Lipinski definition) is 2. The number of nitrogens with one attached hydrogen (secondary N) is 2. The Bertz CT molecular complexity index is 737. The van der Waals surface area contributed by atoms with E-state index in [-0.39, 0.29) is 49.4 Å². The SMILES string of the molecule is CCOC(C)(C)CC(=O)NCc1nnc(CNC(=O)CC(C)(C)OCC(C)(C)OC)nn1. The monoisotopic (exact) mass is 454 g/mol. The van der Waals surface area contributed by atoms with Gasteiger partial charge in [-0.25, -0.2) is 0 Å². The number of carbonyl (C=O) groups excluding carboxylic acids is 2. The lowest BCUT2D eigenvalue weighted by Gasteiger charge is -2.30. The van der Waals surface area contributed by atoms with Gasteiger partial charge in [0, 0.05) is 13.7 Å². The predicted octanol–water partition coefficient (Wildman–Crippen LogP) is 1.31. The van der Waals surface area contributed by atoms with E-state index in [0.29, 0.717) is 13.2 Å². The van der Waals surface area contributed by atoms with E-state index in [4.69, 9.17) is 14.2 Å². The molecule has 1 rings (SSSR count). The second kappa shape index (κ2) is 12.1. The van der Waals surface area contributed by atoms with Crippen LogP contribution in [0.4, 0.5) is 0 Å². The first-order chi connectivity index (χ1) is 14.8. The van der Waals surface area contributed by atoms with E-state index in [9.17, 15) is 9.59 Å². The summed E-state index contributed by atoms with van der Waals surface area (Å²) in [6.07, 6.45) is 0.380. The van der Waals surface area contributed by atoms with Gasteiger partial charge in [-0.2, -0.15) is 0 Å².